The maximum Gasteiger partial charge on any atom is 0.224 e. The first-order valence-electron chi connectivity index (χ1n) is 8.92. The van der Waals surface area contributed by atoms with E-state index in [0.29, 0.717) is 19.1 Å². The molecule has 2 heterocycles. The van der Waals surface area contributed by atoms with E-state index >= 15 is 0 Å². The number of nitrogens with zero attached hydrogens (tertiary/aromatic N) is 2. The quantitative estimate of drug-likeness (QED) is 0.566. The lowest BCUT2D eigenvalue weighted by molar-refractivity contribution is 0.151. The zero-order chi connectivity index (χ0) is 18.4. The Bertz CT molecular complexity index is 863. The molecule has 0 bridgehead atoms. The Morgan fingerprint density at radius 2 is 2.04 bits per heavy atom. The molecule has 0 aliphatic carbocycles. The van der Waals surface area contributed by atoms with Crippen molar-refractivity contribution in [3.8, 4) is 5.75 Å². The average molecular weight is 372 g/mol. The third-order valence-electron chi connectivity index (χ3n) is 4.15. The Morgan fingerprint density at radius 1 is 1.15 bits per heavy atom. The number of nitrogens with one attached hydrogen (secondary N) is 1. The molecule has 3 aromatic rings. The lowest BCUT2D eigenvalue weighted by Crippen LogP contribution is -2.13. The predicted octanol–water partition coefficient (Wildman–Crippen LogP) is 4.38. The number of aromatic nitrogens is 2. The lowest BCUT2D eigenvalue weighted by Gasteiger charge is -2.11. The largest absolute Gasteiger partial charge is 0.491 e. The van der Waals surface area contributed by atoms with Crippen molar-refractivity contribution < 1.29 is 9.47 Å². The maximum atomic E-state index is 5.88. The molecule has 26 heavy (non-hydrogen) atoms. The van der Waals surface area contributed by atoms with Crippen LogP contribution in [0.2, 0.25) is 0 Å². The summed E-state index contributed by atoms with van der Waals surface area (Å²) in [4.78, 5) is 9.91. The van der Waals surface area contributed by atoms with Gasteiger partial charge in [-0.1, -0.05) is 12.1 Å². The number of benzene rings is 1. The molecule has 0 spiro atoms. The van der Waals surface area contributed by atoms with Crippen LogP contribution in [0.1, 0.15) is 23.6 Å². The number of ether oxygens (including phenoxy) is 2. The van der Waals surface area contributed by atoms with Crippen LogP contribution in [0.3, 0.4) is 0 Å². The molecule has 0 saturated heterocycles. The minimum atomic E-state index is 0.560. The number of anilines is 1. The van der Waals surface area contributed by atoms with E-state index in [9.17, 15) is 0 Å². The monoisotopic (exact) mass is 371 g/mol. The zero-order valence-corrected chi connectivity index (χ0v) is 16.4. The Hall–Kier alpha value is -2.18. The van der Waals surface area contributed by atoms with E-state index < -0.39 is 0 Å². The standard InChI is InChI=1S/C20H25N3O2S/c1-4-24-9-7-16-5-6-18(14(2)11-16)25-10-8-21-20-22-12-17-15(3)13-26-19(17)23-20/h5-6,11-13H,4,7-10H2,1-3H3,(H,21,22,23). The first kappa shape index (κ1) is 18.6. The molecule has 0 aliphatic heterocycles. The van der Waals surface area contributed by atoms with Gasteiger partial charge in [0.25, 0.3) is 0 Å². The molecule has 0 saturated carbocycles. The average Bonchev–Trinajstić information content (AvgIpc) is 3.01. The van der Waals surface area contributed by atoms with Crippen molar-refractivity contribution in [2.75, 3.05) is 31.7 Å². The summed E-state index contributed by atoms with van der Waals surface area (Å²) in [6.45, 7) is 8.90. The van der Waals surface area contributed by atoms with Gasteiger partial charge in [0.15, 0.2) is 0 Å². The molecule has 0 aliphatic rings. The number of aryl methyl sites for hydroxylation is 2. The maximum absolute atomic E-state index is 5.88. The van der Waals surface area contributed by atoms with E-state index in [1.54, 1.807) is 11.3 Å². The predicted molar refractivity (Wildman–Crippen MR) is 108 cm³/mol. The highest BCUT2D eigenvalue weighted by molar-refractivity contribution is 7.16. The van der Waals surface area contributed by atoms with Crippen LogP contribution in [0.15, 0.2) is 29.8 Å². The van der Waals surface area contributed by atoms with Gasteiger partial charge in [0, 0.05) is 18.2 Å². The third kappa shape index (κ3) is 4.71. The third-order valence-corrected chi connectivity index (χ3v) is 5.15. The van der Waals surface area contributed by atoms with Crippen molar-refractivity contribution in [3.05, 3.63) is 46.5 Å². The molecule has 1 N–H and O–H groups in total. The first-order chi connectivity index (χ1) is 12.7. The van der Waals surface area contributed by atoms with Crippen molar-refractivity contribution in [1.82, 2.24) is 9.97 Å². The highest BCUT2D eigenvalue weighted by Gasteiger charge is 2.05. The van der Waals surface area contributed by atoms with E-state index in [4.69, 9.17) is 9.47 Å². The number of rotatable bonds is 9. The van der Waals surface area contributed by atoms with E-state index in [0.717, 1.165) is 41.2 Å². The van der Waals surface area contributed by atoms with Crippen molar-refractivity contribution in [2.24, 2.45) is 0 Å². The fourth-order valence-electron chi connectivity index (χ4n) is 2.71. The van der Waals surface area contributed by atoms with Crippen molar-refractivity contribution >= 4 is 27.5 Å². The smallest absolute Gasteiger partial charge is 0.224 e. The summed E-state index contributed by atoms with van der Waals surface area (Å²) in [6, 6.07) is 6.30. The fraction of sp³-hybridized carbons (Fsp3) is 0.400. The van der Waals surface area contributed by atoms with Crippen molar-refractivity contribution in [2.45, 2.75) is 27.2 Å². The van der Waals surface area contributed by atoms with Gasteiger partial charge in [0.1, 0.15) is 17.2 Å². The van der Waals surface area contributed by atoms with Crippen LogP contribution >= 0.6 is 11.3 Å². The minimum Gasteiger partial charge on any atom is -0.491 e. The lowest BCUT2D eigenvalue weighted by atomic mass is 10.1. The van der Waals surface area contributed by atoms with E-state index in [1.807, 2.05) is 19.2 Å². The highest BCUT2D eigenvalue weighted by Crippen LogP contribution is 2.23. The van der Waals surface area contributed by atoms with Gasteiger partial charge in [-0.05, 0) is 55.3 Å². The molecule has 0 amide bonds. The van der Waals surface area contributed by atoms with Crippen LogP contribution in [0.4, 0.5) is 5.95 Å². The Balaban J connectivity index is 1.48. The minimum absolute atomic E-state index is 0.560. The summed E-state index contributed by atoms with van der Waals surface area (Å²) in [6.07, 6.45) is 2.81. The van der Waals surface area contributed by atoms with Crippen LogP contribution in [0.25, 0.3) is 10.2 Å². The van der Waals surface area contributed by atoms with E-state index in [2.05, 4.69) is 46.6 Å². The molecule has 138 valence electrons. The van der Waals surface area contributed by atoms with Crippen molar-refractivity contribution in [1.29, 1.82) is 0 Å². The van der Waals surface area contributed by atoms with E-state index in [1.165, 1.54) is 11.1 Å². The molecule has 1 aromatic carbocycles. The molecule has 5 nitrogen and oxygen atoms in total. The van der Waals surface area contributed by atoms with Crippen LogP contribution in [-0.2, 0) is 11.2 Å². The number of thiophene rings is 1. The second kappa shape index (κ2) is 8.96. The van der Waals surface area contributed by atoms with Gasteiger partial charge in [-0.15, -0.1) is 11.3 Å². The molecule has 0 atom stereocenters. The van der Waals surface area contributed by atoms with Crippen LogP contribution in [0.5, 0.6) is 5.75 Å². The summed E-state index contributed by atoms with van der Waals surface area (Å²) in [5.41, 5.74) is 3.64. The topological polar surface area (TPSA) is 56.3 Å². The van der Waals surface area contributed by atoms with Gasteiger partial charge in [-0.3, -0.25) is 0 Å². The van der Waals surface area contributed by atoms with Crippen LogP contribution < -0.4 is 10.1 Å². The summed E-state index contributed by atoms with van der Waals surface area (Å²) in [7, 11) is 0. The molecule has 3 rings (SSSR count). The molecule has 0 unspecified atom stereocenters. The fourth-order valence-corrected chi connectivity index (χ4v) is 3.60. The van der Waals surface area contributed by atoms with Gasteiger partial charge >= 0.3 is 0 Å². The highest BCUT2D eigenvalue weighted by atomic mass is 32.1. The zero-order valence-electron chi connectivity index (χ0n) is 15.5. The van der Waals surface area contributed by atoms with Crippen molar-refractivity contribution in [3.63, 3.8) is 0 Å². The molecule has 0 fully saturated rings. The van der Waals surface area contributed by atoms with Gasteiger partial charge in [0.2, 0.25) is 5.95 Å². The van der Waals surface area contributed by atoms with Gasteiger partial charge in [0.05, 0.1) is 13.2 Å². The first-order valence-corrected chi connectivity index (χ1v) is 9.80. The van der Waals surface area contributed by atoms with Gasteiger partial charge in [-0.25, -0.2) is 9.97 Å². The Morgan fingerprint density at radius 3 is 2.85 bits per heavy atom. The number of fused-ring (bicyclic) bond motifs is 1. The van der Waals surface area contributed by atoms with Gasteiger partial charge in [-0.2, -0.15) is 0 Å². The second-order valence-corrected chi connectivity index (χ2v) is 7.01. The van der Waals surface area contributed by atoms with E-state index in [-0.39, 0.29) is 0 Å². The summed E-state index contributed by atoms with van der Waals surface area (Å²) in [5.74, 6) is 1.56. The normalized spacial score (nSPS) is 11.0. The summed E-state index contributed by atoms with van der Waals surface area (Å²) in [5, 5.41) is 6.45. The molecule has 6 heteroatoms. The summed E-state index contributed by atoms with van der Waals surface area (Å²) >= 11 is 1.64. The number of hydrogen-bond acceptors (Lipinski definition) is 6. The molecular formula is C20H25N3O2S. The molecular weight excluding hydrogens is 346 g/mol. The van der Waals surface area contributed by atoms with Crippen LogP contribution in [0, 0.1) is 13.8 Å². The Labute approximate surface area is 158 Å². The van der Waals surface area contributed by atoms with Crippen LogP contribution in [-0.4, -0.2) is 36.3 Å². The van der Waals surface area contributed by atoms with Gasteiger partial charge < -0.3 is 14.8 Å². The number of hydrogen-bond donors (Lipinski definition) is 1. The summed E-state index contributed by atoms with van der Waals surface area (Å²) < 4.78 is 11.3. The molecule has 0 radical (unpaired) electrons. The molecule has 2 aromatic heterocycles. The Kier molecular flexibility index (Phi) is 6.41. The second-order valence-electron chi connectivity index (χ2n) is 6.15. The SMILES string of the molecule is CCOCCc1ccc(OCCNc2ncc3c(C)csc3n2)c(C)c1.